The third-order valence-electron chi connectivity index (χ3n) is 4.72. The van der Waals surface area contributed by atoms with Crippen molar-refractivity contribution in [2.45, 2.75) is 39.5 Å². The van der Waals surface area contributed by atoms with E-state index in [0.29, 0.717) is 32.7 Å². The Morgan fingerprint density at radius 1 is 1.14 bits per heavy atom. The van der Waals surface area contributed by atoms with Gasteiger partial charge in [-0.1, -0.05) is 36.4 Å². The third kappa shape index (κ3) is 4.93. The minimum absolute atomic E-state index is 0.0185. The first-order valence-electron chi connectivity index (χ1n) is 9.79. The van der Waals surface area contributed by atoms with Gasteiger partial charge in [0.2, 0.25) is 5.91 Å². The number of aliphatic hydroxyl groups is 1. The molecule has 1 heterocycles. The molecule has 0 aliphatic rings. The van der Waals surface area contributed by atoms with E-state index in [1.54, 1.807) is 11.8 Å². The highest BCUT2D eigenvalue weighted by Crippen LogP contribution is 2.21. The minimum Gasteiger partial charge on any atom is -0.494 e. The number of hydrogen-bond acceptors (Lipinski definition) is 3. The molecule has 0 aliphatic carbocycles. The number of aromatic nitrogens is 1. The highest BCUT2D eigenvalue weighted by Gasteiger charge is 2.18. The lowest BCUT2D eigenvalue weighted by Gasteiger charge is -2.25. The molecule has 1 atom stereocenters. The summed E-state index contributed by atoms with van der Waals surface area (Å²) in [6.07, 6.45) is 1.81. The van der Waals surface area contributed by atoms with Crippen molar-refractivity contribution in [2.75, 3.05) is 13.2 Å². The van der Waals surface area contributed by atoms with Gasteiger partial charge in [-0.15, -0.1) is 0 Å². The number of fused-ring (bicyclic) bond motifs is 1. The molecule has 5 nitrogen and oxygen atoms in total. The van der Waals surface area contributed by atoms with E-state index in [4.69, 9.17) is 4.74 Å². The van der Waals surface area contributed by atoms with Crippen LogP contribution >= 0.6 is 0 Å². The molecule has 0 saturated heterocycles. The van der Waals surface area contributed by atoms with Crippen LogP contribution in [0.15, 0.2) is 60.8 Å². The molecule has 148 valence electrons. The molecule has 1 amide bonds. The molecule has 28 heavy (non-hydrogen) atoms. The topological polar surface area (TPSA) is 54.7 Å². The maximum Gasteiger partial charge on any atom is 0.224 e. The van der Waals surface area contributed by atoms with Crippen molar-refractivity contribution >= 4 is 16.8 Å². The van der Waals surface area contributed by atoms with E-state index in [0.717, 1.165) is 16.8 Å². The number of amides is 1. The average molecular weight is 380 g/mol. The normalized spacial score (nSPS) is 12.1. The van der Waals surface area contributed by atoms with E-state index in [1.807, 2.05) is 49.5 Å². The van der Waals surface area contributed by atoms with Crippen molar-refractivity contribution in [3.8, 4) is 5.75 Å². The number of carbonyl (C=O) groups is 1. The molecule has 0 unspecified atom stereocenters. The Kier molecular flexibility index (Phi) is 6.71. The maximum absolute atomic E-state index is 12.9. The summed E-state index contributed by atoms with van der Waals surface area (Å²) in [5.74, 6) is 0.801. The Balaban J connectivity index is 1.71. The summed E-state index contributed by atoms with van der Waals surface area (Å²) >= 11 is 0. The van der Waals surface area contributed by atoms with Crippen molar-refractivity contribution in [3.63, 3.8) is 0 Å². The van der Waals surface area contributed by atoms with Gasteiger partial charge < -0.3 is 19.3 Å². The highest BCUT2D eigenvalue weighted by molar-refractivity contribution is 5.80. The fourth-order valence-electron chi connectivity index (χ4n) is 3.42. The maximum atomic E-state index is 12.9. The lowest BCUT2D eigenvalue weighted by molar-refractivity contribution is -0.133. The largest absolute Gasteiger partial charge is 0.494 e. The number of aliphatic hydroxyl groups excluding tert-OH is 1. The molecule has 0 aliphatic heterocycles. The molecule has 0 bridgehead atoms. The van der Waals surface area contributed by atoms with E-state index in [-0.39, 0.29) is 5.91 Å². The Morgan fingerprint density at radius 2 is 1.89 bits per heavy atom. The quantitative estimate of drug-likeness (QED) is 0.614. The van der Waals surface area contributed by atoms with Gasteiger partial charge in [-0.25, -0.2) is 0 Å². The number of aryl methyl sites for hydroxylation is 1. The molecule has 2 aromatic carbocycles. The number of benzene rings is 2. The summed E-state index contributed by atoms with van der Waals surface area (Å²) < 4.78 is 7.78. The second-order valence-electron chi connectivity index (χ2n) is 6.98. The first-order valence-corrected chi connectivity index (χ1v) is 9.79. The van der Waals surface area contributed by atoms with Gasteiger partial charge in [-0.3, -0.25) is 4.79 Å². The minimum atomic E-state index is -0.587. The van der Waals surface area contributed by atoms with E-state index < -0.39 is 6.10 Å². The van der Waals surface area contributed by atoms with Gasteiger partial charge in [-0.05, 0) is 37.4 Å². The zero-order valence-electron chi connectivity index (χ0n) is 16.5. The number of ether oxygens (including phenoxy) is 1. The molecule has 1 N–H and O–H groups in total. The van der Waals surface area contributed by atoms with Crippen LogP contribution in [-0.4, -0.2) is 39.7 Å². The Hall–Kier alpha value is -2.79. The standard InChI is InChI=1S/C23H28N2O3/c1-3-28-22-11-7-5-9-20(22)17-25(16-18(2)26)23(27)13-15-24-14-12-19-8-4-6-10-21(19)24/h4-12,14,18,26H,3,13,15-17H2,1-2H3/t18-/m1/s1. The van der Waals surface area contributed by atoms with Crippen LogP contribution in [0, 0.1) is 0 Å². The number of hydrogen-bond donors (Lipinski definition) is 1. The molecule has 0 saturated carbocycles. The second-order valence-corrected chi connectivity index (χ2v) is 6.98. The summed E-state index contributed by atoms with van der Waals surface area (Å²) in [6, 6.07) is 17.9. The fourth-order valence-corrected chi connectivity index (χ4v) is 3.42. The van der Waals surface area contributed by atoms with Gasteiger partial charge in [0.05, 0.1) is 12.7 Å². The number of rotatable bonds is 9. The Morgan fingerprint density at radius 3 is 2.68 bits per heavy atom. The molecule has 1 aromatic heterocycles. The summed E-state index contributed by atoms with van der Waals surface area (Å²) in [7, 11) is 0. The molecule has 0 radical (unpaired) electrons. The van der Waals surface area contributed by atoms with Gasteiger partial charge in [0, 0.05) is 43.3 Å². The van der Waals surface area contributed by atoms with Gasteiger partial charge in [-0.2, -0.15) is 0 Å². The Labute approximate surface area is 166 Å². The SMILES string of the molecule is CCOc1ccccc1CN(C[C@@H](C)O)C(=O)CCn1ccc2ccccc21. The molecular weight excluding hydrogens is 352 g/mol. The monoisotopic (exact) mass is 380 g/mol. The zero-order valence-corrected chi connectivity index (χ0v) is 16.5. The van der Waals surface area contributed by atoms with Crippen LogP contribution in [0.4, 0.5) is 0 Å². The van der Waals surface area contributed by atoms with Crippen molar-refractivity contribution in [1.82, 2.24) is 9.47 Å². The summed E-state index contributed by atoms with van der Waals surface area (Å²) in [4.78, 5) is 14.7. The van der Waals surface area contributed by atoms with Gasteiger partial charge in [0.15, 0.2) is 0 Å². The van der Waals surface area contributed by atoms with Gasteiger partial charge in [0.25, 0.3) is 0 Å². The Bertz CT molecular complexity index is 917. The summed E-state index contributed by atoms with van der Waals surface area (Å²) in [5, 5.41) is 11.1. The van der Waals surface area contributed by atoms with Crippen LogP contribution in [-0.2, 0) is 17.9 Å². The lowest BCUT2D eigenvalue weighted by Crippen LogP contribution is -2.36. The number of para-hydroxylation sites is 2. The average Bonchev–Trinajstić information content (AvgIpc) is 3.10. The van der Waals surface area contributed by atoms with Crippen LogP contribution in [0.3, 0.4) is 0 Å². The van der Waals surface area contributed by atoms with E-state index >= 15 is 0 Å². The van der Waals surface area contributed by atoms with Crippen molar-refractivity contribution in [1.29, 1.82) is 0 Å². The molecule has 3 aromatic rings. The fraction of sp³-hybridized carbons (Fsp3) is 0.348. The van der Waals surface area contributed by atoms with E-state index in [9.17, 15) is 9.90 Å². The molecule has 0 spiro atoms. The van der Waals surface area contributed by atoms with Crippen LogP contribution in [0.2, 0.25) is 0 Å². The second kappa shape index (κ2) is 9.42. The first-order chi connectivity index (χ1) is 13.6. The van der Waals surface area contributed by atoms with E-state index in [1.165, 1.54) is 5.39 Å². The van der Waals surface area contributed by atoms with Gasteiger partial charge in [0.1, 0.15) is 5.75 Å². The lowest BCUT2D eigenvalue weighted by atomic mass is 10.1. The smallest absolute Gasteiger partial charge is 0.224 e. The first kappa shape index (κ1) is 20.0. The predicted octanol–water partition coefficient (Wildman–Crippen LogP) is 3.84. The molecular formula is C23H28N2O3. The predicted molar refractivity (Wildman–Crippen MR) is 111 cm³/mol. The number of nitrogens with zero attached hydrogens (tertiary/aromatic N) is 2. The van der Waals surface area contributed by atoms with Crippen LogP contribution in [0.25, 0.3) is 10.9 Å². The van der Waals surface area contributed by atoms with Crippen LogP contribution in [0.1, 0.15) is 25.8 Å². The number of carbonyl (C=O) groups excluding carboxylic acids is 1. The molecule has 0 fully saturated rings. The van der Waals surface area contributed by atoms with Crippen molar-refractivity contribution in [2.24, 2.45) is 0 Å². The third-order valence-corrected chi connectivity index (χ3v) is 4.72. The molecule has 3 rings (SSSR count). The summed E-state index contributed by atoms with van der Waals surface area (Å²) in [5.41, 5.74) is 2.07. The van der Waals surface area contributed by atoms with Crippen molar-refractivity contribution < 1.29 is 14.6 Å². The molecule has 5 heteroatoms. The highest BCUT2D eigenvalue weighted by atomic mass is 16.5. The summed E-state index contributed by atoms with van der Waals surface area (Å²) in [6.45, 7) is 5.54. The van der Waals surface area contributed by atoms with Crippen LogP contribution in [0.5, 0.6) is 5.75 Å². The van der Waals surface area contributed by atoms with E-state index in [2.05, 4.69) is 22.8 Å². The van der Waals surface area contributed by atoms with Gasteiger partial charge >= 0.3 is 0 Å². The zero-order chi connectivity index (χ0) is 19.9. The van der Waals surface area contributed by atoms with Crippen molar-refractivity contribution in [3.05, 3.63) is 66.4 Å². The van der Waals surface area contributed by atoms with Crippen LogP contribution < -0.4 is 4.74 Å².